The van der Waals surface area contributed by atoms with Gasteiger partial charge in [0.25, 0.3) is 0 Å². The highest BCUT2D eigenvalue weighted by Crippen LogP contribution is 2.29. The van der Waals surface area contributed by atoms with E-state index in [1.165, 1.54) is 23.1 Å². The second-order valence-corrected chi connectivity index (χ2v) is 4.74. The van der Waals surface area contributed by atoms with Gasteiger partial charge in [-0.25, -0.2) is 4.98 Å². The molecule has 1 amide bonds. The van der Waals surface area contributed by atoms with Gasteiger partial charge in [-0.1, -0.05) is 11.6 Å². The average Bonchev–Trinajstić information content (AvgIpc) is 2.83. The van der Waals surface area contributed by atoms with Gasteiger partial charge < -0.3 is 5.84 Å². The summed E-state index contributed by atoms with van der Waals surface area (Å²) in [4.78, 5) is 29.7. The summed E-state index contributed by atoms with van der Waals surface area (Å²) >= 11 is 5.95. The number of nitrogens with two attached hydrogens (primary N) is 1. The molecule has 3 rings (SSSR count). The van der Waals surface area contributed by atoms with Crippen LogP contribution < -0.4 is 5.84 Å². The van der Waals surface area contributed by atoms with Crippen LogP contribution in [0.3, 0.4) is 0 Å². The first kappa shape index (κ1) is 13.2. The largest absolute Gasteiger partial charge is 0.338 e. The lowest BCUT2D eigenvalue weighted by Crippen LogP contribution is -2.06. The van der Waals surface area contributed by atoms with Crippen LogP contribution in [0.25, 0.3) is 22.3 Å². The van der Waals surface area contributed by atoms with Gasteiger partial charge >= 0.3 is 5.91 Å². The minimum atomic E-state index is -0.861. The van der Waals surface area contributed by atoms with Crippen molar-refractivity contribution >= 4 is 28.5 Å². The molecule has 0 atom stereocenters. The number of fused-ring (bicyclic) bond motifs is 1. The van der Waals surface area contributed by atoms with Crippen molar-refractivity contribution in [3.63, 3.8) is 0 Å². The molecule has 0 fully saturated rings. The summed E-state index contributed by atoms with van der Waals surface area (Å²) in [7, 11) is 0. The fourth-order valence-corrected chi connectivity index (χ4v) is 2.20. The van der Waals surface area contributed by atoms with Gasteiger partial charge in [-0.15, -0.1) is 4.91 Å². The van der Waals surface area contributed by atoms with E-state index in [0.717, 1.165) is 10.9 Å². The number of hydrogen-bond donors (Lipinski definition) is 1. The number of nitrogens with zero attached hydrogens (tertiary/aromatic N) is 4. The zero-order chi connectivity index (χ0) is 15.0. The van der Waals surface area contributed by atoms with Crippen LogP contribution in [0.4, 0.5) is 0 Å². The van der Waals surface area contributed by atoms with Crippen molar-refractivity contribution in [1.82, 2.24) is 14.6 Å². The van der Waals surface area contributed by atoms with E-state index in [1.54, 1.807) is 18.3 Å². The first-order valence-electron chi connectivity index (χ1n) is 5.86. The molecular formula is C13H8ClN5O2. The molecule has 0 aliphatic carbocycles. The van der Waals surface area contributed by atoms with Crippen LogP contribution in [-0.4, -0.2) is 20.6 Å². The second-order valence-electron chi connectivity index (χ2n) is 4.30. The third kappa shape index (κ3) is 2.23. The Morgan fingerprint density at radius 3 is 2.76 bits per heavy atom. The normalized spacial score (nSPS) is 10.7. The van der Waals surface area contributed by atoms with Crippen LogP contribution in [0.5, 0.6) is 0 Å². The first-order valence-corrected chi connectivity index (χ1v) is 6.23. The zero-order valence-electron chi connectivity index (χ0n) is 10.5. The van der Waals surface area contributed by atoms with Crippen LogP contribution in [-0.2, 0) is 0 Å². The van der Waals surface area contributed by atoms with Crippen molar-refractivity contribution in [3.8, 4) is 11.3 Å². The van der Waals surface area contributed by atoms with Crippen molar-refractivity contribution in [3.05, 3.63) is 52.3 Å². The second kappa shape index (κ2) is 4.95. The molecule has 0 aliphatic heterocycles. The molecule has 0 unspecified atom stereocenters. The maximum atomic E-state index is 11.2. The van der Waals surface area contributed by atoms with Gasteiger partial charge in [0.2, 0.25) is 0 Å². The quantitative estimate of drug-likeness (QED) is 0.578. The Labute approximate surface area is 123 Å². The molecule has 0 aliphatic rings. The van der Waals surface area contributed by atoms with E-state index in [0.29, 0.717) is 16.4 Å². The molecule has 0 saturated carbocycles. The third-order valence-electron chi connectivity index (χ3n) is 3.01. The molecule has 104 valence electrons. The summed E-state index contributed by atoms with van der Waals surface area (Å²) in [6.45, 7) is 0. The molecule has 3 aromatic rings. The van der Waals surface area contributed by atoms with Gasteiger partial charge in [-0.2, -0.15) is 0 Å². The van der Waals surface area contributed by atoms with Crippen molar-refractivity contribution in [2.45, 2.75) is 0 Å². The summed E-state index contributed by atoms with van der Waals surface area (Å²) in [6.07, 6.45) is 4.45. The van der Waals surface area contributed by atoms with Crippen LogP contribution >= 0.6 is 11.6 Å². The third-order valence-corrected chi connectivity index (χ3v) is 3.21. The minimum Gasteiger partial charge on any atom is -0.338 e. The molecule has 2 N–H and O–H groups in total. The van der Waals surface area contributed by atoms with E-state index in [-0.39, 0.29) is 5.56 Å². The van der Waals surface area contributed by atoms with Crippen molar-refractivity contribution in [1.29, 1.82) is 0 Å². The Bertz CT molecular complexity index is 857. The molecule has 8 heteroatoms. The number of aromatic nitrogens is 3. The number of pyridine rings is 2. The predicted octanol–water partition coefficient (Wildman–Crippen LogP) is 2.37. The predicted molar refractivity (Wildman–Crippen MR) is 78.2 cm³/mol. The highest BCUT2D eigenvalue weighted by atomic mass is 35.5. The average molecular weight is 302 g/mol. The number of carbonyl (C=O) groups excluding carboxylic acids is 1. The van der Waals surface area contributed by atoms with E-state index in [1.807, 2.05) is 0 Å². The SMILES string of the molecule is Nn1cc(-c2ccc(C(=O)N=O)cn2)c2cc(Cl)cnc21. The Morgan fingerprint density at radius 1 is 1.29 bits per heavy atom. The number of amides is 1. The van der Waals surface area contributed by atoms with Crippen LogP contribution in [0.2, 0.25) is 5.02 Å². The summed E-state index contributed by atoms with van der Waals surface area (Å²) in [5, 5.41) is 3.57. The van der Waals surface area contributed by atoms with Crippen molar-refractivity contribution < 1.29 is 4.79 Å². The molecule has 21 heavy (non-hydrogen) atoms. The standard InChI is InChI=1S/C13H8ClN5O2/c14-8-3-9-10(6-19(15)12(9)17-5-8)11-2-1-7(4-16-11)13(20)18-21/h1-6H,15H2. The summed E-state index contributed by atoms with van der Waals surface area (Å²) in [6, 6.07) is 4.81. The van der Waals surface area contributed by atoms with Gasteiger partial charge in [0.15, 0.2) is 5.65 Å². The number of halogens is 1. The number of nitrogen functional groups attached to an aromatic ring is 1. The highest BCUT2D eigenvalue weighted by Gasteiger charge is 2.13. The summed E-state index contributed by atoms with van der Waals surface area (Å²) in [5.41, 5.74) is 1.99. The van der Waals surface area contributed by atoms with Crippen molar-refractivity contribution in [2.24, 2.45) is 5.18 Å². The smallest absolute Gasteiger partial charge is 0.318 e. The molecule has 0 bridgehead atoms. The van der Waals surface area contributed by atoms with Crippen molar-refractivity contribution in [2.75, 3.05) is 5.84 Å². The van der Waals surface area contributed by atoms with Gasteiger partial charge in [0.05, 0.1) is 16.3 Å². The lowest BCUT2D eigenvalue weighted by Gasteiger charge is -1.99. The fourth-order valence-electron chi connectivity index (χ4n) is 2.04. The van der Waals surface area contributed by atoms with Gasteiger partial charge in [0, 0.05) is 34.7 Å². The number of hydrogen-bond acceptors (Lipinski definition) is 5. The molecule has 0 radical (unpaired) electrons. The molecular weight excluding hydrogens is 294 g/mol. The lowest BCUT2D eigenvalue weighted by atomic mass is 10.1. The highest BCUT2D eigenvalue weighted by molar-refractivity contribution is 6.31. The topological polar surface area (TPSA) is 103 Å². The number of carbonyl (C=O) groups is 1. The van der Waals surface area contributed by atoms with E-state index >= 15 is 0 Å². The molecule has 0 saturated heterocycles. The van der Waals surface area contributed by atoms with E-state index < -0.39 is 5.91 Å². The van der Waals surface area contributed by atoms with E-state index in [4.69, 9.17) is 17.4 Å². The van der Waals surface area contributed by atoms with E-state index in [9.17, 15) is 9.70 Å². The fraction of sp³-hybridized carbons (Fsp3) is 0. The molecule has 7 nitrogen and oxygen atoms in total. The molecule has 3 aromatic heterocycles. The van der Waals surface area contributed by atoms with Crippen LogP contribution in [0, 0.1) is 4.91 Å². The van der Waals surface area contributed by atoms with Gasteiger partial charge in [-0.3, -0.25) is 14.5 Å². The lowest BCUT2D eigenvalue weighted by molar-refractivity contribution is 0.100. The van der Waals surface area contributed by atoms with E-state index in [2.05, 4.69) is 15.1 Å². The minimum absolute atomic E-state index is 0.126. The van der Waals surface area contributed by atoms with Gasteiger partial charge in [-0.05, 0) is 18.2 Å². The molecule has 0 aromatic carbocycles. The molecule has 0 spiro atoms. The zero-order valence-corrected chi connectivity index (χ0v) is 11.3. The van der Waals surface area contributed by atoms with Crippen LogP contribution in [0.15, 0.2) is 42.0 Å². The Kier molecular flexibility index (Phi) is 3.11. The Morgan fingerprint density at radius 2 is 2.10 bits per heavy atom. The first-order chi connectivity index (χ1) is 10.1. The van der Waals surface area contributed by atoms with Crippen LogP contribution in [0.1, 0.15) is 10.4 Å². The number of rotatable bonds is 2. The maximum Gasteiger partial charge on any atom is 0.318 e. The Balaban J connectivity index is 2.14. The summed E-state index contributed by atoms with van der Waals surface area (Å²) < 4.78 is 1.37. The molecule has 3 heterocycles. The number of nitroso groups, excluding NO2 is 1. The Hall–Kier alpha value is -2.80. The monoisotopic (exact) mass is 301 g/mol. The van der Waals surface area contributed by atoms with Gasteiger partial charge in [0.1, 0.15) is 0 Å². The summed E-state index contributed by atoms with van der Waals surface area (Å²) in [5.74, 6) is 4.98. The maximum absolute atomic E-state index is 11.2.